The van der Waals surface area contributed by atoms with E-state index in [0.717, 1.165) is 21.8 Å². The Balaban J connectivity index is 1.42. The molecule has 2 fully saturated rings. The lowest BCUT2D eigenvalue weighted by atomic mass is 9.80. The fourth-order valence-electron chi connectivity index (χ4n) is 4.82. The number of benzene rings is 1. The average molecular weight is 579 g/mol. The summed E-state index contributed by atoms with van der Waals surface area (Å²) in [5.41, 5.74) is 2.46. The second kappa shape index (κ2) is 9.24. The molecular formula is C23H18ClF7N6O2. The number of nitrogen functional groups attached to an aromatic ring is 1. The number of nitrogens with zero attached hydrogens (tertiary/aromatic N) is 4. The van der Waals surface area contributed by atoms with Gasteiger partial charge >= 0.3 is 6.18 Å². The van der Waals surface area contributed by atoms with Crippen LogP contribution in [0, 0.1) is 11.7 Å². The predicted molar refractivity (Wildman–Crippen MR) is 123 cm³/mol. The number of nitrogens with two attached hydrogens (primary N) is 1. The number of likely N-dealkylation sites (tertiary alicyclic amines) is 1. The van der Waals surface area contributed by atoms with Gasteiger partial charge in [-0.2, -0.15) is 18.3 Å². The van der Waals surface area contributed by atoms with Crippen LogP contribution in [0.5, 0.6) is 0 Å². The van der Waals surface area contributed by atoms with E-state index in [9.17, 15) is 40.3 Å². The number of nitrogens with one attached hydrogen (secondary N) is 1. The lowest BCUT2D eigenvalue weighted by molar-refractivity contribution is -0.159. The molecule has 1 saturated heterocycles. The van der Waals surface area contributed by atoms with E-state index in [1.54, 1.807) is 0 Å². The van der Waals surface area contributed by atoms with Gasteiger partial charge in [-0.3, -0.25) is 9.59 Å². The molecule has 2 amide bonds. The number of hydrogen-bond acceptors (Lipinski definition) is 5. The molecule has 1 aromatic carbocycles. The van der Waals surface area contributed by atoms with E-state index >= 15 is 0 Å². The summed E-state index contributed by atoms with van der Waals surface area (Å²) in [5.74, 6) is -7.12. The number of carbonyl (C=O) groups excluding carboxylic acids is 2. The Morgan fingerprint density at radius 2 is 1.85 bits per heavy atom. The van der Waals surface area contributed by atoms with E-state index in [1.165, 1.54) is 0 Å². The Morgan fingerprint density at radius 1 is 1.15 bits per heavy atom. The molecule has 3 heterocycles. The highest BCUT2D eigenvalue weighted by Crippen LogP contribution is 2.44. The summed E-state index contributed by atoms with van der Waals surface area (Å²) in [7, 11) is 0. The minimum atomic E-state index is -4.90. The molecule has 8 nitrogen and oxygen atoms in total. The predicted octanol–water partition coefficient (Wildman–Crippen LogP) is 4.11. The Hall–Kier alpha value is -3.62. The van der Waals surface area contributed by atoms with Crippen molar-refractivity contribution in [3.8, 4) is 11.3 Å². The van der Waals surface area contributed by atoms with E-state index in [1.807, 2.05) is 0 Å². The van der Waals surface area contributed by atoms with Crippen molar-refractivity contribution < 1.29 is 40.3 Å². The van der Waals surface area contributed by atoms with Gasteiger partial charge < -0.3 is 16.0 Å². The third kappa shape index (κ3) is 4.83. The summed E-state index contributed by atoms with van der Waals surface area (Å²) in [6.07, 6.45) is -7.03. The smallest absolute Gasteiger partial charge is 0.382 e. The number of alkyl halides is 6. The average Bonchev–Trinajstić information content (AvgIpc) is 3.39. The van der Waals surface area contributed by atoms with Crippen molar-refractivity contribution in [1.82, 2.24) is 24.8 Å². The highest BCUT2D eigenvalue weighted by molar-refractivity contribution is 6.34. The van der Waals surface area contributed by atoms with Crippen molar-refractivity contribution in [2.45, 2.75) is 37.2 Å². The maximum Gasteiger partial charge on any atom is 0.418 e. The highest BCUT2D eigenvalue weighted by Gasteiger charge is 2.51. The normalized spacial score (nSPS) is 21.3. The van der Waals surface area contributed by atoms with Crippen molar-refractivity contribution in [3.63, 3.8) is 0 Å². The van der Waals surface area contributed by atoms with Crippen LogP contribution in [0.4, 0.5) is 36.6 Å². The lowest BCUT2D eigenvalue weighted by Crippen LogP contribution is -2.47. The van der Waals surface area contributed by atoms with Crippen LogP contribution in [0.1, 0.15) is 28.8 Å². The molecule has 0 radical (unpaired) electrons. The molecule has 1 saturated carbocycles. The van der Waals surface area contributed by atoms with Crippen molar-refractivity contribution >= 4 is 34.7 Å². The SMILES string of the molecule is Nc1ncnn2c(-c3cc(C(=O)N[C@@H]4CN(C(=O)C5CC(F)(F)C5)C[C@@H]4F)c(Cl)cc3F)cc(C(F)(F)F)c12. The third-order valence-electron chi connectivity index (χ3n) is 6.78. The van der Waals surface area contributed by atoms with Gasteiger partial charge in [0, 0.05) is 30.9 Å². The second-order valence-electron chi connectivity index (χ2n) is 9.46. The molecule has 0 unspecified atom stereocenters. The second-order valence-corrected chi connectivity index (χ2v) is 9.87. The quantitative estimate of drug-likeness (QED) is 0.453. The minimum absolute atomic E-state index is 0.298. The zero-order valence-electron chi connectivity index (χ0n) is 19.6. The van der Waals surface area contributed by atoms with Crippen LogP contribution >= 0.6 is 11.6 Å². The molecule has 2 aromatic heterocycles. The first-order valence-corrected chi connectivity index (χ1v) is 11.8. The standard InChI is InChI=1S/C23H18ClF7N6O2/c24-13-3-14(25)11(17-2-12(23(29,30)31)18-19(32)33-8-34-37(17)18)1-10(13)20(38)35-16-7-36(6-15(16)26)21(39)9-4-22(27,28)5-9/h1-3,8-9,15-16H,4-7H2,(H,35,38)(H2,32,33,34)/t15-,16+/m0/s1. The maximum atomic E-state index is 14.9. The molecule has 5 rings (SSSR count). The maximum absolute atomic E-state index is 14.9. The van der Waals surface area contributed by atoms with Crippen LogP contribution < -0.4 is 11.1 Å². The van der Waals surface area contributed by atoms with Gasteiger partial charge in [0.05, 0.1) is 34.4 Å². The van der Waals surface area contributed by atoms with Gasteiger partial charge in [-0.25, -0.2) is 27.1 Å². The fraction of sp³-hybridized carbons (Fsp3) is 0.391. The molecule has 0 bridgehead atoms. The largest absolute Gasteiger partial charge is 0.418 e. The Bertz CT molecular complexity index is 1490. The van der Waals surface area contributed by atoms with Gasteiger partial charge in [0.2, 0.25) is 11.8 Å². The third-order valence-corrected chi connectivity index (χ3v) is 7.09. The van der Waals surface area contributed by atoms with Gasteiger partial charge in [0.25, 0.3) is 5.91 Å². The highest BCUT2D eigenvalue weighted by atomic mass is 35.5. The van der Waals surface area contributed by atoms with E-state index in [2.05, 4.69) is 15.4 Å². The van der Waals surface area contributed by atoms with Gasteiger partial charge in [0.15, 0.2) is 5.82 Å². The fourth-order valence-corrected chi connectivity index (χ4v) is 5.05. The van der Waals surface area contributed by atoms with Crippen LogP contribution in [-0.4, -0.2) is 62.5 Å². The number of amides is 2. The molecule has 1 aliphatic heterocycles. The first-order chi connectivity index (χ1) is 18.2. The lowest BCUT2D eigenvalue weighted by Gasteiger charge is -2.36. The molecule has 0 spiro atoms. The molecule has 3 aromatic rings. The number of aromatic nitrogens is 3. The molecule has 3 N–H and O–H groups in total. The Kier molecular flexibility index (Phi) is 6.39. The molecule has 39 heavy (non-hydrogen) atoms. The van der Waals surface area contributed by atoms with Gasteiger partial charge in [-0.1, -0.05) is 11.6 Å². The van der Waals surface area contributed by atoms with Crippen molar-refractivity contribution in [1.29, 1.82) is 0 Å². The molecular weight excluding hydrogens is 561 g/mol. The van der Waals surface area contributed by atoms with Crippen molar-refractivity contribution in [2.24, 2.45) is 5.92 Å². The zero-order valence-corrected chi connectivity index (χ0v) is 20.3. The first kappa shape index (κ1) is 27.0. The zero-order chi connectivity index (χ0) is 28.4. The summed E-state index contributed by atoms with van der Waals surface area (Å²) in [6.45, 7) is -0.723. The number of anilines is 1. The summed E-state index contributed by atoms with van der Waals surface area (Å²) >= 11 is 6.04. The van der Waals surface area contributed by atoms with Crippen LogP contribution in [-0.2, 0) is 11.0 Å². The Morgan fingerprint density at radius 3 is 2.49 bits per heavy atom. The monoisotopic (exact) mass is 578 g/mol. The van der Waals surface area contributed by atoms with E-state index in [0.29, 0.717) is 12.1 Å². The van der Waals surface area contributed by atoms with Crippen molar-refractivity contribution in [3.05, 3.63) is 46.5 Å². The van der Waals surface area contributed by atoms with E-state index in [-0.39, 0.29) is 6.54 Å². The summed E-state index contributed by atoms with van der Waals surface area (Å²) in [5, 5.41) is 5.66. The summed E-state index contributed by atoms with van der Waals surface area (Å²) in [4.78, 5) is 30.0. The summed E-state index contributed by atoms with van der Waals surface area (Å²) < 4.78 is 97.6. The molecule has 2 aliphatic rings. The number of fused-ring (bicyclic) bond motifs is 1. The number of hydrogen-bond donors (Lipinski definition) is 2. The van der Waals surface area contributed by atoms with Crippen molar-refractivity contribution in [2.75, 3.05) is 18.8 Å². The molecule has 2 atom stereocenters. The topological polar surface area (TPSA) is 106 Å². The van der Waals surface area contributed by atoms with E-state index < -0.39 is 106 Å². The number of rotatable bonds is 4. The molecule has 1 aliphatic carbocycles. The van der Waals surface area contributed by atoms with Gasteiger partial charge in [-0.15, -0.1) is 0 Å². The van der Waals surface area contributed by atoms with Gasteiger partial charge in [0.1, 0.15) is 23.8 Å². The Labute approximate surface area is 219 Å². The van der Waals surface area contributed by atoms with Crippen LogP contribution in [0.15, 0.2) is 24.5 Å². The first-order valence-electron chi connectivity index (χ1n) is 11.5. The minimum Gasteiger partial charge on any atom is -0.382 e. The molecule has 208 valence electrons. The van der Waals surface area contributed by atoms with Crippen LogP contribution in [0.25, 0.3) is 16.8 Å². The van der Waals surface area contributed by atoms with Crippen LogP contribution in [0.3, 0.4) is 0 Å². The van der Waals surface area contributed by atoms with Gasteiger partial charge in [-0.05, 0) is 18.2 Å². The number of carbonyl (C=O) groups is 2. The summed E-state index contributed by atoms with van der Waals surface area (Å²) in [6, 6.07) is 0.952. The van der Waals surface area contributed by atoms with E-state index in [4.69, 9.17) is 17.3 Å². The number of halogens is 8. The van der Waals surface area contributed by atoms with Crippen LogP contribution in [0.2, 0.25) is 5.02 Å². The molecule has 16 heteroatoms.